The van der Waals surface area contributed by atoms with E-state index in [1.54, 1.807) is 0 Å². The first-order valence-electron chi connectivity index (χ1n) is 5.41. The Morgan fingerprint density at radius 1 is 1.25 bits per heavy atom. The average Bonchev–Trinajstić information content (AvgIpc) is 2.76. The van der Waals surface area contributed by atoms with Crippen LogP contribution in [0.3, 0.4) is 0 Å². The molecule has 0 amide bonds. The molecule has 0 aliphatic heterocycles. The number of rotatable bonds is 3. The summed E-state index contributed by atoms with van der Waals surface area (Å²) < 4.78 is 1.81. The van der Waals surface area contributed by atoms with Crippen LogP contribution in [-0.4, -0.2) is 16.3 Å². The Balaban J connectivity index is 2.48. The van der Waals surface area contributed by atoms with Crippen LogP contribution in [0.1, 0.15) is 18.1 Å². The van der Waals surface area contributed by atoms with Gasteiger partial charge in [-0.3, -0.25) is 4.68 Å². The zero-order valence-electron chi connectivity index (χ0n) is 9.72. The predicted octanol–water partition coefficient (Wildman–Crippen LogP) is 1.68. The molecule has 2 aromatic rings. The zero-order chi connectivity index (χ0) is 11.6. The molecule has 3 heteroatoms. The maximum Gasteiger partial charge on any atom is 0.0531 e. The van der Waals surface area contributed by atoms with Crippen LogP contribution in [0.2, 0.25) is 0 Å². The number of benzene rings is 1. The molecule has 0 spiro atoms. The third-order valence-electron chi connectivity index (χ3n) is 3.16. The van der Waals surface area contributed by atoms with Crippen molar-refractivity contribution in [3.05, 3.63) is 53.9 Å². The summed E-state index contributed by atoms with van der Waals surface area (Å²) in [6.07, 6.45) is 3.92. The Morgan fingerprint density at radius 3 is 2.44 bits per heavy atom. The Labute approximate surface area is 95.9 Å². The van der Waals surface area contributed by atoms with Crippen LogP contribution in [-0.2, 0) is 12.5 Å². The van der Waals surface area contributed by atoms with Gasteiger partial charge >= 0.3 is 0 Å². The smallest absolute Gasteiger partial charge is 0.0531 e. The third-order valence-corrected chi connectivity index (χ3v) is 3.16. The minimum absolute atomic E-state index is 0.157. The van der Waals surface area contributed by atoms with Crippen molar-refractivity contribution >= 4 is 0 Å². The van der Waals surface area contributed by atoms with Gasteiger partial charge in [-0.05, 0) is 5.56 Å². The number of hydrogen-bond acceptors (Lipinski definition) is 2. The molecule has 2 rings (SSSR count). The second kappa shape index (κ2) is 4.10. The van der Waals surface area contributed by atoms with Gasteiger partial charge in [0.1, 0.15) is 0 Å². The zero-order valence-corrected chi connectivity index (χ0v) is 9.72. The molecule has 1 aromatic heterocycles. The summed E-state index contributed by atoms with van der Waals surface area (Å²) in [5, 5.41) is 4.22. The van der Waals surface area contributed by atoms with Gasteiger partial charge in [-0.15, -0.1) is 0 Å². The van der Waals surface area contributed by atoms with Gasteiger partial charge in [-0.25, -0.2) is 0 Å². The number of aromatic nitrogens is 2. The van der Waals surface area contributed by atoms with E-state index in [-0.39, 0.29) is 5.41 Å². The van der Waals surface area contributed by atoms with E-state index >= 15 is 0 Å². The fourth-order valence-electron chi connectivity index (χ4n) is 1.91. The summed E-state index contributed by atoms with van der Waals surface area (Å²) in [5.41, 5.74) is 8.17. The second-order valence-corrected chi connectivity index (χ2v) is 4.30. The Bertz CT molecular complexity index is 461. The maximum absolute atomic E-state index is 5.94. The van der Waals surface area contributed by atoms with E-state index in [2.05, 4.69) is 24.2 Å². The summed E-state index contributed by atoms with van der Waals surface area (Å²) in [7, 11) is 1.92. The molecule has 1 aromatic carbocycles. The summed E-state index contributed by atoms with van der Waals surface area (Å²) in [5.74, 6) is 0. The first-order chi connectivity index (χ1) is 7.66. The molecule has 1 heterocycles. The van der Waals surface area contributed by atoms with Crippen molar-refractivity contribution < 1.29 is 0 Å². The van der Waals surface area contributed by atoms with E-state index in [9.17, 15) is 0 Å². The van der Waals surface area contributed by atoms with Gasteiger partial charge in [0.15, 0.2) is 0 Å². The van der Waals surface area contributed by atoms with Crippen molar-refractivity contribution in [3.63, 3.8) is 0 Å². The molecule has 0 saturated heterocycles. The molecule has 0 bridgehead atoms. The molecule has 0 fully saturated rings. The second-order valence-electron chi connectivity index (χ2n) is 4.30. The summed E-state index contributed by atoms with van der Waals surface area (Å²) in [4.78, 5) is 0. The number of hydrogen-bond donors (Lipinski definition) is 1. The molecule has 1 atom stereocenters. The average molecular weight is 215 g/mol. The van der Waals surface area contributed by atoms with Crippen molar-refractivity contribution in [2.45, 2.75) is 12.3 Å². The molecule has 1 unspecified atom stereocenters. The van der Waals surface area contributed by atoms with Gasteiger partial charge in [-0.2, -0.15) is 5.10 Å². The first kappa shape index (κ1) is 10.9. The van der Waals surface area contributed by atoms with Gasteiger partial charge in [0.2, 0.25) is 0 Å². The predicted molar refractivity (Wildman–Crippen MR) is 65.2 cm³/mol. The lowest BCUT2D eigenvalue weighted by Gasteiger charge is -2.27. The van der Waals surface area contributed by atoms with Gasteiger partial charge in [0.25, 0.3) is 0 Å². The molecule has 3 nitrogen and oxygen atoms in total. The quantitative estimate of drug-likeness (QED) is 0.846. The number of nitrogens with two attached hydrogens (primary N) is 1. The molecular weight excluding hydrogens is 198 g/mol. The first-order valence-corrected chi connectivity index (χ1v) is 5.41. The maximum atomic E-state index is 5.94. The normalized spacial score (nSPS) is 14.7. The minimum Gasteiger partial charge on any atom is -0.329 e. The van der Waals surface area contributed by atoms with Crippen LogP contribution in [0, 0.1) is 0 Å². The molecule has 2 N–H and O–H groups in total. The van der Waals surface area contributed by atoms with Gasteiger partial charge in [0, 0.05) is 30.8 Å². The molecule has 0 radical (unpaired) electrons. The van der Waals surface area contributed by atoms with E-state index in [4.69, 9.17) is 5.73 Å². The summed E-state index contributed by atoms with van der Waals surface area (Å²) in [6, 6.07) is 10.3. The SMILES string of the molecule is Cn1cc(C(C)(CN)c2ccccc2)cn1. The van der Waals surface area contributed by atoms with Crippen LogP contribution < -0.4 is 5.73 Å². The lowest BCUT2D eigenvalue weighted by molar-refractivity contribution is 0.583. The fraction of sp³-hybridized carbons (Fsp3) is 0.308. The molecule has 84 valence electrons. The third kappa shape index (κ3) is 1.74. The van der Waals surface area contributed by atoms with Crippen molar-refractivity contribution in [1.29, 1.82) is 0 Å². The van der Waals surface area contributed by atoms with Crippen molar-refractivity contribution in [2.75, 3.05) is 6.54 Å². The highest BCUT2D eigenvalue weighted by Crippen LogP contribution is 2.30. The van der Waals surface area contributed by atoms with E-state index in [1.165, 1.54) is 5.56 Å². The Kier molecular flexibility index (Phi) is 2.79. The molecule has 16 heavy (non-hydrogen) atoms. The van der Waals surface area contributed by atoms with Crippen molar-refractivity contribution in [1.82, 2.24) is 9.78 Å². The minimum atomic E-state index is -0.157. The fourth-order valence-corrected chi connectivity index (χ4v) is 1.91. The molecule has 0 aliphatic carbocycles. The van der Waals surface area contributed by atoms with Crippen molar-refractivity contribution in [3.8, 4) is 0 Å². The van der Waals surface area contributed by atoms with E-state index < -0.39 is 0 Å². The van der Waals surface area contributed by atoms with Crippen molar-refractivity contribution in [2.24, 2.45) is 12.8 Å². The highest BCUT2D eigenvalue weighted by molar-refractivity contribution is 5.36. The van der Waals surface area contributed by atoms with Gasteiger partial charge < -0.3 is 5.73 Å². The Morgan fingerprint density at radius 2 is 1.94 bits per heavy atom. The number of nitrogens with zero attached hydrogens (tertiary/aromatic N) is 2. The number of aryl methyl sites for hydroxylation is 1. The largest absolute Gasteiger partial charge is 0.329 e. The Hall–Kier alpha value is -1.61. The molecular formula is C13H17N3. The van der Waals surface area contributed by atoms with Crippen LogP contribution in [0.5, 0.6) is 0 Å². The summed E-state index contributed by atoms with van der Waals surface area (Å²) >= 11 is 0. The van der Waals surface area contributed by atoms with Crippen LogP contribution in [0.15, 0.2) is 42.7 Å². The van der Waals surface area contributed by atoms with E-state index in [0.717, 1.165) is 5.56 Å². The lowest BCUT2D eigenvalue weighted by Crippen LogP contribution is -2.32. The lowest BCUT2D eigenvalue weighted by atomic mass is 9.78. The highest BCUT2D eigenvalue weighted by Gasteiger charge is 2.28. The van der Waals surface area contributed by atoms with Gasteiger partial charge in [0.05, 0.1) is 6.20 Å². The van der Waals surface area contributed by atoms with E-state index in [0.29, 0.717) is 6.54 Å². The highest BCUT2D eigenvalue weighted by atomic mass is 15.2. The molecule has 0 aliphatic rings. The monoisotopic (exact) mass is 215 g/mol. The van der Waals surface area contributed by atoms with Crippen LogP contribution >= 0.6 is 0 Å². The molecule has 0 saturated carbocycles. The van der Waals surface area contributed by atoms with Crippen LogP contribution in [0.25, 0.3) is 0 Å². The van der Waals surface area contributed by atoms with Crippen LogP contribution in [0.4, 0.5) is 0 Å². The standard InChI is InChI=1S/C13H17N3/c1-13(10-14,11-6-4-3-5-7-11)12-8-15-16(2)9-12/h3-9H,10,14H2,1-2H3. The van der Waals surface area contributed by atoms with Gasteiger partial charge in [-0.1, -0.05) is 37.3 Å². The van der Waals surface area contributed by atoms with E-state index in [1.807, 2.05) is 42.3 Å². The summed E-state index contributed by atoms with van der Waals surface area (Å²) in [6.45, 7) is 2.72. The topological polar surface area (TPSA) is 43.8 Å².